The van der Waals surface area contributed by atoms with Crippen molar-refractivity contribution < 1.29 is 13.9 Å². The Morgan fingerprint density at radius 3 is 2.79 bits per heavy atom. The van der Waals surface area contributed by atoms with E-state index in [2.05, 4.69) is 0 Å². The van der Waals surface area contributed by atoms with E-state index in [0.29, 0.717) is 24.5 Å². The normalized spacial score (nSPS) is 20.6. The van der Waals surface area contributed by atoms with Crippen LogP contribution in [0.1, 0.15) is 30.0 Å². The highest BCUT2D eigenvalue weighted by molar-refractivity contribution is 5.44. The van der Waals surface area contributed by atoms with Crippen LogP contribution >= 0.6 is 0 Å². The number of phenols is 1. The summed E-state index contributed by atoms with van der Waals surface area (Å²) in [4.78, 5) is 0. The summed E-state index contributed by atoms with van der Waals surface area (Å²) in [6.45, 7) is 0. The Labute approximate surface area is 80.4 Å². The van der Waals surface area contributed by atoms with Crippen LogP contribution in [0, 0.1) is 11.6 Å². The Kier molecular flexibility index (Phi) is 2.15. The van der Waals surface area contributed by atoms with Gasteiger partial charge in [-0.25, -0.2) is 8.78 Å². The zero-order valence-electron chi connectivity index (χ0n) is 7.56. The molecule has 1 aliphatic carbocycles. The molecule has 0 fully saturated rings. The first-order chi connectivity index (χ1) is 6.61. The molecule has 1 atom stereocenters. The molecule has 0 amide bonds. The average Bonchev–Trinajstić information content (AvgIpc) is 2.14. The molecule has 1 aromatic carbocycles. The fourth-order valence-corrected chi connectivity index (χ4v) is 1.97. The summed E-state index contributed by atoms with van der Waals surface area (Å²) in [5.41, 5.74) is 6.30. The van der Waals surface area contributed by atoms with Gasteiger partial charge in [-0.05, 0) is 19.3 Å². The van der Waals surface area contributed by atoms with E-state index in [1.807, 2.05) is 0 Å². The zero-order chi connectivity index (χ0) is 10.3. The first-order valence-electron chi connectivity index (χ1n) is 4.56. The summed E-state index contributed by atoms with van der Waals surface area (Å²) in [7, 11) is 0. The maximum Gasteiger partial charge on any atom is 0.168 e. The highest BCUT2D eigenvalue weighted by atomic mass is 19.1. The molecule has 76 valence electrons. The van der Waals surface area contributed by atoms with Gasteiger partial charge < -0.3 is 10.8 Å². The number of hydrogen-bond acceptors (Lipinski definition) is 2. The number of fused-ring (bicyclic) bond motifs is 1. The third kappa shape index (κ3) is 1.26. The molecule has 0 saturated heterocycles. The highest BCUT2D eigenvalue weighted by Crippen LogP contribution is 2.36. The lowest BCUT2D eigenvalue weighted by Crippen LogP contribution is -2.19. The van der Waals surface area contributed by atoms with Crippen LogP contribution in [0.2, 0.25) is 0 Å². The Morgan fingerprint density at radius 2 is 2.07 bits per heavy atom. The monoisotopic (exact) mass is 199 g/mol. The van der Waals surface area contributed by atoms with Crippen molar-refractivity contribution in [3.8, 4) is 5.75 Å². The first kappa shape index (κ1) is 9.40. The predicted molar refractivity (Wildman–Crippen MR) is 47.9 cm³/mol. The van der Waals surface area contributed by atoms with Gasteiger partial charge in [0.1, 0.15) is 5.82 Å². The van der Waals surface area contributed by atoms with Gasteiger partial charge in [0.15, 0.2) is 11.6 Å². The van der Waals surface area contributed by atoms with Crippen molar-refractivity contribution >= 4 is 0 Å². The second-order valence-electron chi connectivity index (χ2n) is 3.58. The molecular weight excluding hydrogens is 188 g/mol. The smallest absolute Gasteiger partial charge is 0.168 e. The van der Waals surface area contributed by atoms with Gasteiger partial charge in [0.2, 0.25) is 0 Å². The van der Waals surface area contributed by atoms with E-state index < -0.39 is 23.4 Å². The van der Waals surface area contributed by atoms with Crippen molar-refractivity contribution in [2.24, 2.45) is 5.73 Å². The van der Waals surface area contributed by atoms with Gasteiger partial charge in [-0.3, -0.25) is 0 Å². The number of halogens is 2. The molecule has 3 N–H and O–H groups in total. The second-order valence-corrected chi connectivity index (χ2v) is 3.58. The van der Waals surface area contributed by atoms with Crippen LogP contribution < -0.4 is 5.73 Å². The molecule has 0 bridgehead atoms. The minimum absolute atomic E-state index is 0.273. The molecule has 0 spiro atoms. The second kappa shape index (κ2) is 3.20. The molecule has 2 rings (SSSR count). The Bertz CT molecular complexity index is 379. The van der Waals surface area contributed by atoms with Crippen LogP contribution in [0.15, 0.2) is 6.07 Å². The fourth-order valence-electron chi connectivity index (χ4n) is 1.97. The Hall–Kier alpha value is -1.16. The Balaban J connectivity index is 2.66. The van der Waals surface area contributed by atoms with Crippen LogP contribution in [0.4, 0.5) is 8.78 Å². The van der Waals surface area contributed by atoms with Gasteiger partial charge in [0.05, 0.1) is 0 Å². The van der Waals surface area contributed by atoms with Crippen molar-refractivity contribution in [2.45, 2.75) is 25.3 Å². The minimum atomic E-state index is -0.907. The van der Waals surface area contributed by atoms with Gasteiger partial charge >= 0.3 is 0 Å². The van der Waals surface area contributed by atoms with Gasteiger partial charge in [-0.1, -0.05) is 0 Å². The standard InChI is InChI=1S/C10H11F2NO/c11-6-4-7(12)10(14)5-2-1-3-8(13)9(5)6/h4,8,14H,1-3,13H2. The molecule has 1 unspecified atom stereocenters. The summed E-state index contributed by atoms with van der Waals surface area (Å²) >= 11 is 0. The zero-order valence-corrected chi connectivity index (χ0v) is 7.56. The lowest BCUT2D eigenvalue weighted by Gasteiger charge is -2.23. The number of aromatic hydroxyl groups is 1. The van der Waals surface area contributed by atoms with Crippen LogP contribution in [-0.2, 0) is 6.42 Å². The van der Waals surface area contributed by atoms with E-state index in [0.717, 1.165) is 6.42 Å². The molecule has 1 aliphatic rings. The minimum Gasteiger partial charge on any atom is -0.505 e. The highest BCUT2D eigenvalue weighted by Gasteiger charge is 2.25. The topological polar surface area (TPSA) is 46.2 Å². The van der Waals surface area contributed by atoms with E-state index in [4.69, 9.17) is 5.73 Å². The van der Waals surface area contributed by atoms with Crippen molar-refractivity contribution in [1.82, 2.24) is 0 Å². The summed E-state index contributed by atoms with van der Waals surface area (Å²) in [6.07, 6.45) is 1.92. The van der Waals surface area contributed by atoms with Crippen molar-refractivity contribution in [3.63, 3.8) is 0 Å². The van der Waals surface area contributed by atoms with E-state index >= 15 is 0 Å². The average molecular weight is 199 g/mol. The molecule has 2 nitrogen and oxygen atoms in total. The van der Waals surface area contributed by atoms with Crippen LogP contribution in [0.3, 0.4) is 0 Å². The number of hydrogen-bond donors (Lipinski definition) is 2. The fraction of sp³-hybridized carbons (Fsp3) is 0.400. The predicted octanol–water partition coefficient (Wildman–Crippen LogP) is 2.01. The van der Waals surface area contributed by atoms with Crippen molar-refractivity contribution in [1.29, 1.82) is 0 Å². The first-order valence-corrected chi connectivity index (χ1v) is 4.56. The molecule has 0 radical (unpaired) electrons. The quantitative estimate of drug-likeness (QED) is 0.671. The third-order valence-electron chi connectivity index (χ3n) is 2.66. The van der Waals surface area contributed by atoms with Gasteiger partial charge in [0, 0.05) is 23.2 Å². The summed E-state index contributed by atoms with van der Waals surface area (Å²) in [6, 6.07) is 0.268. The number of nitrogens with two attached hydrogens (primary N) is 1. The molecule has 4 heteroatoms. The van der Waals surface area contributed by atoms with Gasteiger partial charge in [-0.15, -0.1) is 0 Å². The number of benzene rings is 1. The summed E-state index contributed by atoms with van der Waals surface area (Å²) in [5.74, 6) is -2.01. The summed E-state index contributed by atoms with van der Waals surface area (Å²) < 4.78 is 26.3. The van der Waals surface area contributed by atoms with Crippen LogP contribution in [0.5, 0.6) is 5.75 Å². The van der Waals surface area contributed by atoms with E-state index in [-0.39, 0.29) is 5.56 Å². The third-order valence-corrected chi connectivity index (χ3v) is 2.66. The molecule has 0 aromatic heterocycles. The largest absolute Gasteiger partial charge is 0.505 e. The number of phenolic OH excluding ortho intramolecular Hbond substituents is 1. The lowest BCUT2D eigenvalue weighted by molar-refractivity contribution is 0.406. The Morgan fingerprint density at radius 1 is 1.36 bits per heavy atom. The van der Waals surface area contributed by atoms with Gasteiger partial charge in [0.25, 0.3) is 0 Å². The van der Waals surface area contributed by atoms with Crippen molar-refractivity contribution in [2.75, 3.05) is 0 Å². The maximum atomic E-state index is 13.3. The van der Waals surface area contributed by atoms with E-state index in [9.17, 15) is 13.9 Å². The van der Waals surface area contributed by atoms with Crippen LogP contribution in [0.25, 0.3) is 0 Å². The maximum absolute atomic E-state index is 13.3. The molecule has 1 aromatic rings. The van der Waals surface area contributed by atoms with Crippen molar-refractivity contribution in [3.05, 3.63) is 28.8 Å². The molecule has 14 heavy (non-hydrogen) atoms. The lowest BCUT2D eigenvalue weighted by atomic mass is 9.87. The summed E-state index contributed by atoms with van der Waals surface area (Å²) in [5, 5.41) is 9.39. The SMILES string of the molecule is NC1CCCc2c(O)c(F)cc(F)c21. The molecular formula is C10H11F2NO. The van der Waals surface area contributed by atoms with Gasteiger partial charge in [-0.2, -0.15) is 0 Å². The molecule has 0 aliphatic heterocycles. The van der Waals surface area contributed by atoms with E-state index in [1.54, 1.807) is 0 Å². The van der Waals surface area contributed by atoms with Crippen LogP contribution in [-0.4, -0.2) is 5.11 Å². The molecule has 0 heterocycles. The van der Waals surface area contributed by atoms with E-state index in [1.165, 1.54) is 0 Å². The number of rotatable bonds is 0. The molecule has 0 saturated carbocycles.